The lowest BCUT2D eigenvalue weighted by Crippen LogP contribution is -3.21. The van der Waals surface area contributed by atoms with Gasteiger partial charge in [0.1, 0.15) is 0 Å². The molecule has 0 amide bonds. The van der Waals surface area contributed by atoms with E-state index in [2.05, 4.69) is 30.3 Å². The molecular formula is C21H34N2+2. The number of likely N-dealkylation sites (tertiary alicyclic amines) is 2. The van der Waals surface area contributed by atoms with E-state index in [9.17, 15) is 0 Å². The lowest BCUT2D eigenvalue weighted by Gasteiger charge is -2.39. The molecule has 0 radical (unpaired) electrons. The van der Waals surface area contributed by atoms with Crippen LogP contribution >= 0.6 is 0 Å². The Bertz CT molecular complexity index is 464. The molecule has 1 aliphatic carbocycles. The molecule has 126 valence electrons. The monoisotopic (exact) mass is 314 g/mol. The van der Waals surface area contributed by atoms with E-state index in [1.807, 2.05) is 9.80 Å². The quantitative estimate of drug-likeness (QED) is 0.835. The molecule has 3 aliphatic rings. The molecule has 23 heavy (non-hydrogen) atoms. The Labute approximate surface area is 141 Å². The van der Waals surface area contributed by atoms with Gasteiger partial charge < -0.3 is 9.80 Å². The zero-order chi connectivity index (χ0) is 15.5. The van der Waals surface area contributed by atoms with Gasteiger partial charge in [0.2, 0.25) is 0 Å². The highest BCUT2D eigenvalue weighted by atomic mass is 15.2. The van der Waals surface area contributed by atoms with Crippen molar-refractivity contribution in [3.05, 3.63) is 35.9 Å². The maximum atomic E-state index is 2.34. The molecule has 1 aromatic carbocycles. The number of rotatable bonds is 3. The van der Waals surface area contributed by atoms with E-state index in [1.54, 1.807) is 5.56 Å². The highest BCUT2D eigenvalue weighted by Gasteiger charge is 2.36. The molecule has 2 nitrogen and oxygen atoms in total. The first-order chi connectivity index (χ1) is 11.4. The Morgan fingerprint density at radius 2 is 1.17 bits per heavy atom. The molecule has 0 bridgehead atoms. The van der Waals surface area contributed by atoms with E-state index >= 15 is 0 Å². The normalized spacial score (nSPS) is 36.2. The summed E-state index contributed by atoms with van der Waals surface area (Å²) < 4.78 is 0. The standard InChI is InChI=1S/C21H32N2/c1-2-6-18(7-3-1)19-8-10-20(11-9-19)23-16-12-21(13-17-23)22-14-4-5-15-22/h1-3,6-7,19-21H,4-5,8-17H2/p+2. The van der Waals surface area contributed by atoms with Crippen molar-refractivity contribution in [2.24, 2.45) is 0 Å². The van der Waals surface area contributed by atoms with Crippen LogP contribution in [0, 0.1) is 0 Å². The first kappa shape index (κ1) is 15.7. The Morgan fingerprint density at radius 3 is 1.83 bits per heavy atom. The van der Waals surface area contributed by atoms with Crippen LogP contribution in [0.2, 0.25) is 0 Å². The van der Waals surface area contributed by atoms with E-state index in [1.165, 1.54) is 77.5 Å². The maximum absolute atomic E-state index is 2.34. The minimum Gasteiger partial charge on any atom is -0.332 e. The summed E-state index contributed by atoms with van der Waals surface area (Å²) in [5.74, 6) is 0.832. The third kappa shape index (κ3) is 3.64. The van der Waals surface area contributed by atoms with Gasteiger partial charge in [0.25, 0.3) is 0 Å². The molecule has 2 N–H and O–H groups in total. The summed E-state index contributed by atoms with van der Waals surface area (Å²) >= 11 is 0. The van der Waals surface area contributed by atoms with Gasteiger partial charge in [-0.25, -0.2) is 0 Å². The van der Waals surface area contributed by atoms with Gasteiger partial charge in [-0.1, -0.05) is 30.3 Å². The van der Waals surface area contributed by atoms with Crippen molar-refractivity contribution in [2.45, 2.75) is 69.4 Å². The van der Waals surface area contributed by atoms with Crippen LogP contribution in [0.1, 0.15) is 62.8 Å². The molecule has 0 unspecified atom stereocenters. The molecule has 2 saturated heterocycles. The second kappa shape index (κ2) is 7.36. The van der Waals surface area contributed by atoms with E-state index < -0.39 is 0 Å². The molecule has 1 saturated carbocycles. The second-order valence-electron chi connectivity index (χ2n) is 8.26. The number of nitrogens with one attached hydrogen (secondary N) is 2. The summed E-state index contributed by atoms with van der Waals surface area (Å²) in [6.07, 6.45) is 11.7. The predicted molar refractivity (Wildman–Crippen MR) is 95.1 cm³/mol. The van der Waals surface area contributed by atoms with Gasteiger partial charge in [0.05, 0.1) is 38.3 Å². The number of benzene rings is 1. The molecule has 3 fully saturated rings. The average Bonchev–Trinajstić information content (AvgIpc) is 3.18. The summed E-state index contributed by atoms with van der Waals surface area (Å²) in [5, 5.41) is 0. The Balaban J connectivity index is 1.25. The van der Waals surface area contributed by atoms with E-state index in [4.69, 9.17) is 0 Å². The zero-order valence-electron chi connectivity index (χ0n) is 14.6. The molecular weight excluding hydrogens is 280 g/mol. The molecule has 2 aliphatic heterocycles. The van der Waals surface area contributed by atoms with Gasteiger partial charge in [-0.2, -0.15) is 0 Å². The van der Waals surface area contributed by atoms with Crippen LogP contribution in [-0.2, 0) is 0 Å². The van der Waals surface area contributed by atoms with Gasteiger partial charge in [-0.15, -0.1) is 0 Å². The lowest BCUT2D eigenvalue weighted by molar-refractivity contribution is -0.964. The van der Waals surface area contributed by atoms with Crippen molar-refractivity contribution >= 4 is 0 Å². The Kier molecular flexibility index (Phi) is 5.01. The smallest absolute Gasteiger partial charge is 0.0983 e. The van der Waals surface area contributed by atoms with Crippen LogP contribution in [-0.4, -0.2) is 38.3 Å². The van der Waals surface area contributed by atoms with Gasteiger partial charge >= 0.3 is 0 Å². The van der Waals surface area contributed by atoms with E-state index in [0.717, 1.165) is 18.0 Å². The summed E-state index contributed by atoms with van der Waals surface area (Å²) in [4.78, 5) is 3.89. The number of hydrogen-bond donors (Lipinski definition) is 2. The van der Waals surface area contributed by atoms with Gasteiger partial charge in [-0.05, 0) is 37.2 Å². The van der Waals surface area contributed by atoms with Gasteiger partial charge in [0, 0.05) is 25.7 Å². The zero-order valence-corrected chi connectivity index (χ0v) is 14.6. The van der Waals surface area contributed by atoms with Crippen LogP contribution in [0.5, 0.6) is 0 Å². The van der Waals surface area contributed by atoms with Crippen molar-refractivity contribution in [3.8, 4) is 0 Å². The Morgan fingerprint density at radius 1 is 0.609 bits per heavy atom. The summed E-state index contributed by atoms with van der Waals surface area (Å²) in [6, 6.07) is 13.2. The summed E-state index contributed by atoms with van der Waals surface area (Å²) in [6.45, 7) is 5.83. The third-order valence-corrected chi connectivity index (χ3v) is 7.03. The molecule has 1 aromatic rings. The van der Waals surface area contributed by atoms with E-state index in [0.29, 0.717) is 0 Å². The second-order valence-corrected chi connectivity index (χ2v) is 8.26. The van der Waals surface area contributed by atoms with Gasteiger partial charge in [-0.3, -0.25) is 0 Å². The number of piperidine rings is 1. The topological polar surface area (TPSA) is 8.88 Å². The van der Waals surface area contributed by atoms with Crippen molar-refractivity contribution in [1.29, 1.82) is 0 Å². The summed E-state index contributed by atoms with van der Waals surface area (Å²) in [7, 11) is 0. The fraction of sp³-hybridized carbons (Fsp3) is 0.714. The minimum absolute atomic E-state index is 0.832. The third-order valence-electron chi connectivity index (χ3n) is 7.03. The van der Waals surface area contributed by atoms with Crippen molar-refractivity contribution in [1.82, 2.24) is 0 Å². The first-order valence-corrected chi connectivity index (χ1v) is 10.1. The maximum Gasteiger partial charge on any atom is 0.0983 e. The predicted octanol–water partition coefficient (Wildman–Crippen LogP) is 1.44. The summed E-state index contributed by atoms with van der Waals surface area (Å²) in [5.41, 5.74) is 1.58. The molecule has 0 atom stereocenters. The SMILES string of the molecule is c1ccc(C2CCC([NH+]3CCC([NH+]4CCCC4)CC3)CC2)cc1. The fourth-order valence-corrected chi connectivity index (χ4v) is 5.60. The van der Waals surface area contributed by atoms with Crippen molar-refractivity contribution in [3.63, 3.8) is 0 Å². The molecule has 0 spiro atoms. The number of quaternary nitrogens is 2. The highest BCUT2D eigenvalue weighted by molar-refractivity contribution is 5.19. The molecule has 0 aromatic heterocycles. The molecule has 2 heteroatoms. The van der Waals surface area contributed by atoms with Crippen LogP contribution in [0.15, 0.2) is 30.3 Å². The first-order valence-electron chi connectivity index (χ1n) is 10.1. The van der Waals surface area contributed by atoms with Crippen LogP contribution < -0.4 is 9.80 Å². The molecule has 2 heterocycles. The van der Waals surface area contributed by atoms with Crippen molar-refractivity contribution in [2.75, 3.05) is 26.2 Å². The fourth-order valence-electron chi connectivity index (χ4n) is 5.60. The van der Waals surface area contributed by atoms with Crippen LogP contribution in [0.25, 0.3) is 0 Å². The van der Waals surface area contributed by atoms with Crippen LogP contribution in [0.4, 0.5) is 0 Å². The molecule has 4 rings (SSSR count). The average molecular weight is 315 g/mol. The van der Waals surface area contributed by atoms with Crippen molar-refractivity contribution < 1.29 is 9.80 Å². The van der Waals surface area contributed by atoms with Gasteiger partial charge in [0.15, 0.2) is 0 Å². The van der Waals surface area contributed by atoms with Crippen LogP contribution in [0.3, 0.4) is 0 Å². The Hall–Kier alpha value is -0.860. The lowest BCUT2D eigenvalue weighted by atomic mass is 9.81. The number of hydrogen-bond acceptors (Lipinski definition) is 0. The minimum atomic E-state index is 0.832. The highest BCUT2D eigenvalue weighted by Crippen LogP contribution is 2.32. The largest absolute Gasteiger partial charge is 0.332 e. The van der Waals surface area contributed by atoms with E-state index in [-0.39, 0.29) is 0 Å².